The maximum Gasteiger partial charge on any atom is 0.270 e. The van der Waals surface area contributed by atoms with Gasteiger partial charge in [-0.15, -0.1) is 0 Å². The highest BCUT2D eigenvalue weighted by Crippen LogP contribution is 2.21. The van der Waals surface area contributed by atoms with Gasteiger partial charge < -0.3 is 9.26 Å². The van der Waals surface area contributed by atoms with E-state index in [-0.39, 0.29) is 11.9 Å². The molecule has 0 bridgehead atoms. The second-order valence-electron chi connectivity index (χ2n) is 5.44. The number of nitrogens with zero attached hydrogens (tertiary/aromatic N) is 2. The van der Waals surface area contributed by atoms with Gasteiger partial charge in [-0.3, -0.25) is 10.1 Å². The van der Waals surface area contributed by atoms with Crippen molar-refractivity contribution in [1.82, 2.24) is 10.1 Å². The van der Waals surface area contributed by atoms with Gasteiger partial charge in [0, 0.05) is 5.56 Å². The molecular formula is C19H19N3O3. The van der Waals surface area contributed by atoms with Gasteiger partial charge in [0.2, 0.25) is 0 Å². The Morgan fingerprint density at radius 2 is 1.88 bits per heavy atom. The molecule has 0 unspecified atom stereocenters. The average Bonchev–Trinajstić information content (AvgIpc) is 3.11. The van der Waals surface area contributed by atoms with E-state index in [1.807, 2.05) is 36.4 Å². The van der Waals surface area contributed by atoms with Crippen molar-refractivity contribution in [2.75, 3.05) is 11.9 Å². The SMILES string of the molecule is CCCCOc1ccccc1C(=O)Nc1noc(-c2ccccc2)n1. The molecule has 0 aliphatic rings. The molecule has 1 amide bonds. The van der Waals surface area contributed by atoms with Gasteiger partial charge >= 0.3 is 0 Å². The highest BCUT2D eigenvalue weighted by molar-refractivity contribution is 6.05. The summed E-state index contributed by atoms with van der Waals surface area (Å²) in [7, 11) is 0. The topological polar surface area (TPSA) is 77.2 Å². The second kappa shape index (κ2) is 8.10. The average molecular weight is 337 g/mol. The lowest BCUT2D eigenvalue weighted by atomic mass is 10.2. The predicted octanol–water partition coefficient (Wildman–Crippen LogP) is 4.17. The van der Waals surface area contributed by atoms with Crippen LogP contribution in [-0.4, -0.2) is 22.7 Å². The monoisotopic (exact) mass is 337 g/mol. The third-order valence-corrected chi connectivity index (χ3v) is 3.56. The minimum atomic E-state index is -0.340. The molecule has 0 aliphatic heterocycles. The summed E-state index contributed by atoms with van der Waals surface area (Å²) in [4.78, 5) is 16.7. The first kappa shape index (κ1) is 16.7. The Labute approximate surface area is 145 Å². The summed E-state index contributed by atoms with van der Waals surface area (Å²) >= 11 is 0. The molecule has 1 N–H and O–H groups in total. The largest absolute Gasteiger partial charge is 0.493 e. The maximum atomic E-state index is 12.5. The van der Waals surface area contributed by atoms with Gasteiger partial charge in [-0.25, -0.2) is 0 Å². The molecule has 2 aromatic carbocycles. The van der Waals surface area contributed by atoms with Crippen LogP contribution in [0.3, 0.4) is 0 Å². The van der Waals surface area contributed by atoms with E-state index < -0.39 is 0 Å². The second-order valence-corrected chi connectivity index (χ2v) is 5.44. The van der Waals surface area contributed by atoms with Crippen LogP contribution in [0.5, 0.6) is 5.75 Å². The fourth-order valence-electron chi connectivity index (χ4n) is 2.25. The number of hydrogen-bond donors (Lipinski definition) is 1. The molecule has 3 rings (SSSR count). The molecule has 1 heterocycles. The molecule has 1 aromatic heterocycles. The van der Waals surface area contributed by atoms with E-state index in [4.69, 9.17) is 9.26 Å². The Balaban J connectivity index is 1.72. The highest BCUT2D eigenvalue weighted by Gasteiger charge is 2.16. The summed E-state index contributed by atoms with van der Waals surface area (Å²) in [6.07, 6.45) is 1.96. The molecule has 6 heteroatoms. The number of benzene rings is 2. The van der Waals surface area contributed by atoms with Crippen LogP contribution in [-0.2, 0) is 0 Å². The van der Waals surface area contributed by atoms with Crippen LogP contribution in [0.2, 0.25) is 0 Å². The lowest BCUT2D eigenvalue weighted by Crippen LogP contribution is -2.14. The highest BCUT2D eigenvalue weighted by atomic mass is 16.5. The molecule has 0 fully saturated rings. The summed E-state index contributed by atoms with van der Waals surface area (Å²) in [6, 6.07) is 16.5. The minimum Gasteiger partial charge on any atom is -0.493 e. The molecule has 128 valence electrons. The summed E-state index contributed by atoms with van der Waals surface area (Å²) in [5.41, 5.74) is 1.23. The lowest BCUT2D eigenvalue weighted by Gasteiger charge is -2.10. The van der Waals surface area contributed by atoms with E-state index in [1.54, 1.807) is 18.2 Å². The number of aromatic nitrogens is 2. The van der Waals surface area contributed by atoms with Crippen LogP contribution in [0, 0.1) is 0 Å². The first-order chi connectivity index (χ1) is 12.3. The third kappa shape index (κ3) is 4.23. The van der Waals surface area contributed by atoms with Gasteiger partial charge in [0.25, 0.3) is 17.7 Å². The number of unbranched alkanes of at least 4 members (excludes halogenated alkanes) is 1. The molecule has 0 saturated carbocycles. The molecule has 0 saturated heterocycles. The number of carbonyl (C=O) groups excluding carboxylic acids is 1. The number of nitrogens with one attached hydrogen (secondary N) is 1. The Morgan fingerprint density at radius 3 is 2.68 bits per heavy atom. The first-order valence-electron chi connectivity index (χ1n) is 8.20. The van der Waals surface area contributed by atoms with E-state index in [1.165, 1.54) is 0 Å². The number of anilines is 1. The van der Waals surface area contributed by atoms with Gasteiger partial charge in [0.15, 0.2) is 0 Å². The van der Waals surface area contributed by atoms with Crippen molar-refractivity contribution < 1.29 is 14.1 Å². The van der Waals surface area contributed by atoms with E-state index in [2.05, 4.69) is 22.4 Å². The maximum absolute atomic E-state index is 12.5. The summed E-state index contributed by atoms with van der Waals surface area (Å²) < 4.78 is 10.9. The first-order valence-corrected chi connectivity index (χ1v) is 8.20. The quantitative estimate of drug-likeness (QED) is 0.655. The number of ether oxygens (including phenoxy) is 1. The molecule has 0 radical (unpaired) electrons. The number of para-hydroxylation sites is 1. The van der Waals surface area contributed by atoms with E-state index in [0.717, 1.165) is 18.4 Å². The van der Waals surface area contributed by atoms with Gasteiger partial charge in [0.05, 0.1) is 12.2 Å². The van der Waals surface area contributed by atoms with Crippen LogP contribution >= 0.6 is 0 Å². The zero-order valence-electron chi connectivity index (χ0n) is 13.9. The van der Waals surface area contributed by atoms with Crippen molar-refractivity contribution in [3.8, 4) is 17.2 Å². The zero-order valence-corrected chi connectivity index (χ0v) is 13.9. The van der Waals surface area contributed by atoms with Crippen molar-refractivity contribution in [2.24, 2.45) is 0 Å². The van der Waals surface area contributed by atoms with Gasteiger partial charge in [-0.05, 0) is 35.8 Å². The van der Waals surface area contributed by atoms with Crippen LogP contribution in [0.1, 0.15) is 30.1 Å². The van der Waals surface area contributed by atoms with E-state index in [9.17, 15) is 4.79 Å². The third-order valence-electron chi connectivity index (χ3n) is 3.56. The van der Waals surface area contributed by atoms with E-state index >= 15 is 0 Å². The van der Waals surface area contributed by atoms with E-state index in [0.29, 0.717) is 23.8 Å². The van der Waals surface area contributed by atoms with Crippen LogP contribution < -0.4 is 10.1 Å². The molecule has 25 heavy (non-hydrogen) atoms. The number of rotatable bonds is 7. The molecule has 6 nitrogen and oxygen atoms in total. The number of amides is 1. The number of hydrogen-bond acceptors (Lipinski definition) is 5. The fourth-order valence-corrected chi connectivity index (χ4v) is 2.25. The van der Waals surface area contributed by atoms with Crippen molar-refractivity contribution in [3.63, 3.8) is 0 Å². The Bertz CT molecular complexity index is 831. The van der Waals surface area contributed by atoms with Crippen molar-refractivity contribution in [2.45, 2.75) is 19.8 Å². The zero-order chi connectivity index (χ0) is 17.5. The van der Waals surface area contributed by atoms with Crippen LogP contribution in [0.25, 0.3) is 11.5 Å². The predicted molar refractivity (Wildman–Crippen MR) is 94.5 cm³/mol. The van der Waals surface area contributed by atoms with Crippen molar-refractivity contribution in [3.05, 3.63) is 60.2 Å². The summed E-state index contributed by atoms with van der Waals surface area (Å²) in [6.45, 7) is 2.66. The standard InChI is InChI=1S/C19H19N3O3/c1-2-3-13-24-16-12-8-7-11-15(16)17(23)20-19-21-18(25-22-19)14-9-5-4-6-10-14/h4-12H,2-3,13H2,1H3,(H,20,22,23). The molecule has 0 atom stereocenters. The number of carbonyl (C=O) groups is 1. The summed E-state index contributed by atoms with van der Waals surface area (Å²) in [5, 5.41) is 6.45. The Hall–Kier alpha value is -3.15. The molecular weight excluding hydrogens is 318 g/mol. The smallest absolute Gasteiger partial charge is 0.270 e. The van der Waals surface area contributed by atoms with Crippen molar-refractivity contribution >= 4 is 11.9 Å². The van der Waals surface area contributed by atoms with Crippen molar-refractivity contribution in [1.29, 1.82) is 0 Å². The fraction of sp³-hybridized carbons (Fsp3) is 0.211. The van der Waals surface area contributed by atoms with Crippen LogP contribution in [0.4, 0.5) is 5.95 Å². The molecule has 3 aromatic rings. The normalized spacial score (nSPS) is 10.4. The lowest BCUT2D eigenvalue weighted by molar-refractivity contribution is 0.102. The Kier molecular flexibility index (Phi) is 5.41. The minimum absolute atomic E-state index is 0.118. The van der Waals surface area contributed by atoms with Gasteiger partial charge in [-0.1, -0.05) is 43.7 Å². The van der Waals surface area contributed by atoms with Crippen LogP contribution in [0.15, 0.2) is 59.1 Å². The Morgan fingerprint density at radius 1 is 1.12 bits per heavy atom. The molecule has 0 spiro atoms. The van der Waals surface area contributed by atoms with Gasteiger partial charge in [0.1, 0.15) is 5.75 Å². The molecule has 0 aliphatic carbocycles. The summed E-state index contributed by atoms with van der Waals surface area (Å²) in [5.74, 6) is 0.670. The van der Waals surface area contributed by atoms with Gasteiger partial charge in [-0.2, -0.15) is 4.98 Å².